The number of nitrogens with two attached hydrogens (primary N) is 2. The lowest BCUT2D eigenvalue weighted by Gasteiger charge is -2.01. The molecule has 2 heteroatoms. The van der Waals surface area contributed by atoms with Crippen molar-refractivity contribution in [2.45, 2.75) is 51.9 Å². The van der Waals surface area contributed by atoms with Gasteiger partial charge in [0.05, 0.1) is 0 Å². The van der Waals surface area contributed by atoms with Gasteiger partial charge in [0.2, 0.25) is 0 Å². The molecule has 0 aliphatic heterocycles. The molecule has 0 bridgehead atoms. The first-order valence-corrected chi connectivity index (χ1v) is 5.45. The van der Waals surface area contributed by atoms with Crippen LogP contribution in [-0.2, 0) is 0 Å². The molecule has 0 radical (unpaired) electrons. The molecule has 0 saturated carbocycles. The van der Waals surface area contributed by atoms with Crippen molar-refractivity contribution in [1.82, 2.24) is 0 Å². The smallest absolute Gasteiger partial charge is 0.0126 e. The van der Waals surface area contributed by atoms with Crippen molar-refractivity contribution in [3.63, 3.8) is 0 Å². The fraction of sp³-hybridized carbons (Fsp3) is 0.818. The average molecular weight is 184 g/mol. The molecule has 0 unspecified atom stereocenters. The molecule has 0 aliphatic rings. The fourth-order valence-electron chi connectivity index (χ4n) is 1.36. The van der Waals surface area contributed by atoms with Crippen LogP contribution in [0.5, 0.6) is 0 Å². The number of allylic oxidation sites excluding steroid dienone is 1. The molecule has 78 valence electrons. The Kier molecular flexibility index (Phi) is 9.22. The Morgan fingerprint density at radius 2 is 1.69 bits per heavy atom. The van der Waals surface area contributed by atoms with E-state index in [0.29, 0.717) is 6.54 Å². The highest BCUT2D eigenvalue weighted by Crippen LogP contribution is 2.08. The van der Waals surface area contributed by atoms with E-state index in [4.69, 9.17) is 11.5 Å². The molecule has 0 aromatic rings. The minimum atomic E-state index is 0.571. The van der Waals surface area contributed by atoms with Gasteiger partial charge in [0.15, 0.2) is 0 Å². The first-order chi connectivity index (χ1) is 6.31. The molecular weight excluding hydrogens is 160 g/mol. The normalized spacial score (nSPS) is 12.0. The Hall–Kier alpha value is -0.500. The van der Waals surface area contributed by atoms with Crippen molar-refractivity contribution in [2.24, 2.45) is 11.5 Å². The first kappa shape index (κ1) is 12.5. The van der Waals surface area contributed by atoms with Gasteiger partial charge in [-0.25, -0.2) is 0 Å². The number of hydrogen-bond acceptors (Lipinski definition) is 2. The van der Waals surface area contributed by atoms with Crippen molar-refractivity contribution >= 4 is 0 Å². The molecule has 0 spiro atoms. The predicted molar refractivity (Wildman–Crippen MR) is 59.3 cm³/mol. The summed E-state index contributed by atoms with van der Waals surface area (Å²) in [5.74, 6) is 0. The Labute approximate surface area is 82.4 Å². The van der Waals surface area contributed by atoms with Gasteiger partial charge in [-0.15, -0.1) is 0 Å². The highest BCUT2D eigenvalue weighted by molar-refractivity contribution is 4.96. The van der Waals surface area contributed by atoms with Gasteiger partial charge in [-0.1, -0.05) is 45.1 Å². The third kappa shape index (κ3) is 9.41. The van der Waals surface area contributed by atoms with Crippen molar-refractivity contribution < 1.29 is 0 Å². The number of hydrogen-bond donors (Lipinski definition) is 2. The minimum Gasteiger partial charge on any atom is -0.402 e. The van der Waals surface area contributed by atoms with Crippen molar-refractivity contribution in [3.8, 4) is 0 Å². The van der Waals surface area contributed by atoms with Gasteiger partial charge in [-0.2, -0.15) is 0 Å². The summed E-state index contributed by atoms with van der Waals surface area (Å²) in [6, 6.07) is 0. The van der Waals surface area contributed by atoms with E-state index in [1.54, 1.807) is 0 Å². The van der Waals surface area contributed by atoms with Crippen LogP contribution in [0.25, 0.3) is 0 Å². The third-order valence-corrected chi connectivity index (χ3v) is 2.20. The molecular formula is C11H24N2. The molecule has 0 amide bonds. The largest absolute Gasteiger partial charge is 0.402 e. The first-order valence-electron chi connectivity index (χ1n) is 5.45. The average Bonchev–Trinajstić information content (AvgIpc) is 2.11. The van der Waals surface area contributed by atoms with Crippen LogP contribution in [0.2, 0.25) is 0 Å². The zero-order valence-electron chi connectivity index (χ0n) is 8.89. The quantitative estimate of drug-likeness (QED) is 0.570. The molecule has 4 N–H and O–H groups in total. The fourth-order valence-corrected chi connectivity index (χ4v) is 1.36. The molecule has 0 saturated heterocycles. The Morgan fingerprint density at radius 1 is 1.08 bits per heavy atom. The summed E-state index contributed by atoms with van der Waals surface area (Å²) >= 11 is 0. The second-order valence-electron chi connectivity index (χ2n) is 3.53. The van der Waals surface area contributed by atoms with Crippen molar-refractivity contribution in [3.05, 3.63) is 11.8 Å². The second kappa shape index (κ2) is 9.59. The lowest BCUT2D eigenvalue weighted by Crippen LogP contribution is -2.02. The number of unbranched alkanes of at least 4 members (excludes halogenated alkanes) is 5. The van der Waals surface area contributed by atoms with Crippen LogP contribution in [0.3, 0.4) is 0 Å². The van der Waals surface area contributed by atoms with E-state index >= 15 is 0 Å². The van der Waals surface area contributed by atoms with Crippen LogP contribution in [0, 0.1) is 0 Å². The van der Waals surface area contributed by atoms with Gasteiger partial charge in [0, 0.05) is 12.2 Å². The monoisotopic (exact) mass is 184 g/mol. The molecule has 0 rings (SSSR count). The third-order valence-electron chi connectivity index (χ3n) is 2.20. The molecule has 0 aliphatic carbocycles. The maximum Gasteiger partial charge on any atom is 0.0126 e. The predicted octanol–water partition coefficient (Wildman–Crippen LogP) is 2.54. The van der Waals surface area contributed by atoms with Gasteiger partial charge in [0.1, 0.15) is 0 Å². The van der Waals surface area contributed by atoms with Gasteiger partial charge in [-0.05, 0) is 12.8 Å². The zero-order valence-corrected chi connectivity index (χ0v) is 8.89. The van der Waals surface area contributed by atoms with Crippen LogP contribution in [-0.4, -0.2) is 6.54 Å². The standard InChI is InChI=1S/C11H24N2/c1-2-3-4-5-6-7-8-11(13)9-10-12/h9H,2-8,10,12-13H2,1H3. The highest BCUT2D eigenvalue weighted by atomic mass is 14.6. The van der Waals surface area contributed by atoms with E-state index in [-0.39, 0.29) is 0 Å². The molecule has 0 fully saturated rings. The zero-order chi connectivity index (χ0) is 9.94. The van der Waals surface area contributed by atoms with Crippen LogP contribution in [0.15, 0.2) is 11.8 Å². The molecule has 0 aromatic heterocycles. The maximum atomic E-state index is 5.71. The topological polar surface area (TPSA) is 52.0 Å². The molecule has 0 heterocycles. The minimum absolute atomic E-state index is 0.571. The van der Waals surface area contributed by atoms with Gasteiger partial charge >= 0.3 is 0 Å². The van der Waals surface area contributed by atoms with Gasteiger partial charge < -0.3 is 11.5 Å². The van der Waals surface area contributed by atoms with Gasteiger partial charge in [-0.3, -0.25) is 0 Å². The maximum absolute atomic E-state index is 5.71. The molecule has 13 heavy (non-hydrogen) atoms. The Balaban J connectivity index is 3.11. The van der Waals surface area contributed by atoms with Crippen molar-refractivity contribution in [2.75, 3.05) is 6.54 Å². The molecule has 2 nitrogen and oxygen atoms in total. The number of rotatable bonds is 8. The van der Waals surface area contributed by atoms with E-state index in [1.807, 2.05) is 6.08 Å². The summed E-state index contributed by atoms with van der Waals surface area (Å²) in [4.78, 5) is 0. The van der Waals surface area contributed by atoms with E-state index in [0.717, 1.165) is 12.1 Å². The van der Waals surface area contributed by atoms with Gasteiger partial charge in [0.25, 0.3) is 0 Å². The SMILES string of the molecule is CCCCCCCCC(N)=CCN. The lowest BCUT2D eigenvalue weighted by atomic mass is 10.1. The highest BCUT2D eigenvalue weighted by Gasteiger charge is 1.91. The Morgan fingerprint density at radius 3 is 2.31 bits per heavy atom. The Bertz CT molecular complexity index is 130. The lowest BCUT2D eigenvalue weighted by molar-refractivity contribution is 0.605. The van der Waals surface area contributed by atoms with Crippen LogP contribution in [0.4, 0.5) is 0 Å². The molecule has 0 aromatic carbocycles. The second-order valence-corrected chi connectivity index (χ2v) is 3.53. The summed E-state index contributed by atoms with van der Waals surface area (Å²) in [7, 11) is 0. The summed E-state index contributed by atoms with van der Waals surface area (Å²) in [5, 5.41) is 0. The van der Waals surface area contributed by atoms with E-state index in [9.17, 15) is 0 Å². The van der Waals surface area contributed by atoms with Crippen LogP contribution < -0.4 is 11.5 Å². The summed E-state index contributed by atoms with van der Waals surface area (Å²) < 4.78 is 0. The summed E-state index contributed by atoms with van der Waals surface area (Å²) in [5.41, 5.74) is 12.0. The van der Waals surface area contributed by atoms with E-state index in [1.165, 1.54) is 38.5 Å². The summed E-state index contributed by atoms with van der Waals surface area (Å²) in [6.45, 7) is 2.81. The van der Waals surface area contributed by atoms with E-state index in [2.05, 4.69) is 6.92 Å². The summed E-state index contributed by atoms with van der Waals surface area (Å²) in [6.07, 6.45) is 10.9. The van der Waals surface area contributed by atoms with Crippen molar-refractivity contribution in [1.29, 1.82) is 0 Å². The molecule has 0 atom stereocenters. The van der Waals surface area contributed by atoms with Crippen LogP contribution >= 0.6 is 0 Å². The van der Waals surface area contributed by atoms with Crippen LogP contribution in [0.1, 0.15) is 51.9 Å². The van der Waals surface area contributed by atoms with E-state index < -0.39 is 0 Å².